The number of nitrogens with one attached hydrogen (secondary N) is 1. The lowest BCUT2D eigenvalue weighted by Crippen LogP contribution is -2.70. The number of rotatable bonds is 4. The molecule has 2 aliphatic rings. The van der Waals surface area contributed by atoms with E-state index in [0.717, 1.165) is 4.90 Å². The van der Waals surface area contributed by atoms with Crippen molar-refractivity contribution < 1.29 is 24.6 Å². The molecule has 0 aromatic rings. The molecule has 2 amide bonds. The van der Waals surface area contributed by atoms with Gasteiger partial charge in [0.1, 0.15) is 17.1 Å². The van der Waals surface area contributed by atoms with Crippen molar-refractivity contribution in [2.24, 2.45) is 0 Å². The maximum atomic E-state index is 11.9. The number of carbonyl (C=O) groups is 3. The SMILES string of the molecule is O=C(CBr)NC1C(=O)N2C(C(=O)O)=C(CO)CSC12. The molecular formula is C10H11BrN2O5S. The number of aliphatic hydroxyl groups is 1. The number of halogens is 1. The van der Waals surface area contributed by atoms with Gasteiger partial charge in [0.05, 0.1) is 11.9 Å². The average Bonchev–Trinajstić information content (AvgIpc) is 2.42. The maximum absolute atomic E-state index is 11.9. The average molecular weight is 351 g/mol. The molecule has 2 atom stereocenters. The Morgan fingerprint density at radius 3 is 2.74 bits per heavy atom. The minimum Gasteiger partial charge on any atom is -0.477 e. The summed E-state index contributed by atoms with van der Waals surface area (Å²) >= 11 is 4.31. The first-order valence-corrected chi connectivity index (χ1v) is 7.54. The molecule has 0 spiro atoms. The number of thioether (sulfide) groups is 1. The van der Waals surface area contributed by atoms with Crippen LogP contribution in [-0.4, -0.2) is 62.0 Å². The zero-order valence-electron chi connectivity index (χ0n) is 9.63. The number of carboxylic acids is 1. The highest BCUT2D eigenvalue weighted by molar-refractivity contribution is 9.09. The second-order valence-electron chi connectivity index (χ2n) is 4.00. The third-order valence-electron chi connectivity index (χ3n) is 2.88. The standard InChI is InChI=1S/C10H11BrN2O5S/c11-1-5(15)12-6-8(16)13-7(10(17)18)4(2-14)3-19-9(6)13/h6,9,14H,1-3H2,(H,12,15)(H,17,18). The number of carbonyl (C=O) groups excluding carboxylic acids is 2. The van der Waals surface area contributed by atoms with Crippen LogP contribution in [0.5, 0.6) is 0 Å². The van der Waals surface area contributed by atoms with Gasteiger partial charge in [-0.2, -0.15) is 0 Å². The Kier molecular flexibility index (Phi) is 4.16. The van der Waals surface area contributed by atoms with Crippen molar-refractivity contribution in [1.82, 2.24) is 10.2 Å². The van der Waals surface area contributed by atoms with E-state index in [1.807, 2.05) is 0 Å². The Bertz CT molecular complexity index is 481. The zero-order valence-corrected chi connectivity index (χ0v) is 12.0. The van der Waals surface area contributed by atoms with E-state index in [1.165, 1.54) is 11.8 Å². The summed E-state index contributed by atoms with van der Waals surface area (Å²) < 4.78 is 0. The van der Waals surface area contributed by atoms with E-state index in [9.17, 15) is 14.4 Å². The van der Waals surface area contributed by atoms with Gasteiger partial charge < -0.3 is 15.5 Å². The molecule has 1 saturated heterocycles. The summed E-state index contributed by atoms with van der Waals surface area (Å²) in [4.78, 5) is 35.5. The minimum atomic E-state index is -1.24. The predicted octanol–water partition coefficient (Wildman–Crippen LogP) is -0.888. The molecule has 9 heteroatoms. The van der Waals surface area contributed by atoms with E-state index in [2.05, 4.69) is 21.2 Å². The number of alkyl halides is 1. The smallest absolute Gasteiger partial charge is 0.352 e. The molecule has 1 fully saturated rings. The van der Waals surface area contributed by atoms with Gasteiger partial charge in [0.25, 0.3) is 5.91 Å². The van der Waals surface area contributed by atoms with E-state index in [-0.39, 0.29) is 16.9 Å². The summed E-state index contributed by atoms with van der Waals surface area (Å²) in [6.45, 7) is -0.399. The Morgan fingerprint density at radius 2 is 2.21 bits per heavy atom. The number of aliphatic carboxylic acids is 1. The number of amides is 2. The molecule has 19 heavy (non-hydrogen) atoms. The molecule has 3 N–H and O–H groups in total. The highest BCUT2D eigenvalue weighted by atomic mass is 79.9. The van der Waals surface area contributed by atoms with Crippen LogP contribution in [0.2, 0.25) is 0 Å². The fraction of sp³-hybridized carbons (Fsp3) is 0.500. The quantitative estimate of drug-likeness (QED) is 0.448. The summed E-state index contributed by atoms with van der Waals surface area (Å²) in [5.41, 5.74) is 0.146. The van der Waals surface area contributed by atoms with E-state index in [0.29, 0.717) is 11.3 Å². The summed E-state index contributed by atoms with van der Waals surface area (Å²) in [5.74, 6) is -1.71. The van der Waals surface area contributed by atoms with E-state index >= 15 is 0 Å². The van der Waals surface area contributed by atoms with Crippen molar-refractivity contribution >= 4 is 45.5 Å². The van der Waals surface area contributed by atoms with Gasteiger partial charge in [-0.3, -0.25) is 14.5 Å². The van der Waals surface area contributed by atoms with Crippen LogP contribution in [0.15, 0.2) is 11.3 Å². The lowest BCUT2D eigenvalue weighted by atomic mass is 10.0. The van der Waals surface area contributed by atoms with Gasteiger partial charge >= 0.3 is 5.97 Å². The molecule has 2 heterocycles. The number of aliphatic hydroxyl groups excluding tert-OH is 1. The highest BCUT2D eigenvalue weighted by Gasteiger charge is 2.53. The van der Waals surface area contributed by atoms with Gasteiger partial charge in [-0.15, -0.1) is 11.8 Å². The molecule has 0 aromatic carbocycles. The zero-order chi connectivity index (χ0) is 14.2. The van der Waals surface area contributed by atoms with Crippen molar-refractivity contribution in [2.75, 3.05) is 17.7 Å². The summed E-state index contributed by atoms with van der Waals surface area (Å²) in [6.07, 6.45) is 0. The third kappa shape index (κ3) is 2.37. The number of β-lactam (4-membered cyclic amide) rings is 1. The van der Waals surface area contributed by atoms with E-state index in [4.69, 9.17) is 10.2 Å². The fourth-order valence-corrected chi connectivity index (χ4v) is 3.51. The van der Waals surface area contributed by atoms with Crippen molar-refractivity contribution in [3.63, 3.8) is 0 Å². The summed E-state index contributed by atoms with van der Waals surface area (Å²) in [7, 11) is 0. The second-order valence-corrected chi connectivity index (χ2v) is 5.67. The highest BCUT2D eigenvalue weighted by Crippen LogP contribution is 2.40. The Hall–Kier alpha value is -1.06. The van der Waals surface area contributed by atoms with Crippen LogP contribution < -0.4 is 5.32 Å². The van der Waals surface area contributed by atoms with Crippen LogP contribution in [0.1, 0.15) is 0 Å². The molecule has 0 aromatic heterocycles. The molecule has 0 radical (unpaired) electrons. The fourth-order valence-electron chi connectivity index (χ4n) is 2.02. The number of hydrogen-bond donors (Lipinski definition) is 3. The predicted molar refractivity (Wildman–Crippen MR) is 70.6 cm³/mol. The topological polar surface area (TPSA) is 107 Å². The van der Waals surface area contributed by atoms with E-state index < -0.39 is 29.9 Å². The Labute approximate surface area is 121 Å². The molecule has 104 valence electrons. The summed E-state index contributed by atoms with van der Waals surface area (Å²) in [5, 5.41) is 20.4. The van der Waals surface area contributed by atoms with Crippen molar-refractivity contribution in [3.8, 4) is 0 Å². The largest absolute Gasteiger partial charge is 0.477 e. The van der Waals surface area contributed by atoms with Gasteiger partial charge in [0.15, 0.2) is 0 Å². The Balaban J connectivity index is 2.21. The van der Waals surface area contributed by atoms with Crippen LogP contribution in [0.3, 0.4) is 0 Å². The van der Waals surface area contributed by atoms with Crippen molar-refractivity contribution in [1.29, 1.82) is 0 Å². The van der Waals surface area contributed by atoms with E-state index in [1.54, 1.807) is 0 Å². The van der Waals surface area contributed by atoms with Crippen LogP contribution in [-0.2, 0) is 14.4 Å². The molecule has 7 nitrogen and oxygen atoms in total. The molecule has 0 saturated carbocycles. The van der Waals surface area contributed by atoms with Crippen LogP contribution in [0, 0.1) is 0 Å². The first-order valence-electron chi connectivity index (χ1n) is 5.37. The molecule has 0 aliphatic carbocycles. The molecule has 2 rings (SSSR count). The Morgan fingerprint density at radius 1 is 1.53 bits per heavy atom. The van der Waals surface area contributed by atoms with Crippen LogP contribution >= 0.6 is 27.7 Å². The van der Waals surface area contributed by atoms with Gasteiger partial charge in [-0.1, -0.05) is 15.9 Å². The number of nitrogens with zero attached hydrogens (tertiary/aromatic N) is 1. The van der Waals surface area contributed by atoms with Crippen molar-refractivity contribution in [3.05, 3.63) is 11.3 Å². The number of fused-ring (bicyclic) bond motifs is 1. The lowest BCUT2D eigenvalue weighted by Gasteiger charge is -2.49. The molecule has 2 unspecified atom stereocenters. The van der Waals surface area contributed by atoms with Gasteiger partial charge in [-0.05, 0) is 5.57 Å². The normalized spacial score (nSPS) is 25.8. The minimum absolute atomic E-state index is 0.0810. The van der Waals surface area contributed by atoms with Crippen LogP contribution in [0.4, 0.5) is 0 Å². The monoisotopic (exact) mass is 350 g/mol. The summed E-state index contributed by atoms with van der Waals surface area (Å²) in [6, 6.07) is -0.704. The third-order valence-corrected chi connectivity index (χ3v) is 4.73. The molecular weight excluding hydrogens is 340 g/mol. The van der Waals surface area contributed by atoms with Gasteiger partial charge in [-0.25, -0.2) is 4.79 Å². The lowest BCUT2D eigenvalue weighted by molar-refractivity contribution is -0.150. The van der Waals surface area contributed by atoms with Gasteiger partial charge in [0.2, 0.25) is 5.91 Å². The first-order chi connectivity index (χ1) is 9.01. The first kappa shape index (κ1) is 14.4. The van der Waals surface area contributed by atoms with Crippen LogP contribution in [0.25, 0.3) is 0 Å². The molecule has 0 bridgehead atoms. The second kappa shape index (κ2) is 5.51. The molecule has 2 aliphatic heterocycles. The number of carboxylic acid groups (broad SMARTS) is 1. The van der Waals surface area contributed by atoms with Gasteiger partial charge in [0, 0.05) is 5.75 Å². The van der Waals surface area contributed by atoms with Crippen molar-refractivity contribution in [2.45, 2.75) is 11.4 Å². The number of hydrogen-bond acceptors (Lipinski definition) is 5. The maximum Gasteiger partial charge on any atom is 0.352 e.